The second kappa shape index (κ2) is 9.12. The van der Waals surface area contributed by atoms with Gasteiger partial charge in [-0.3, -0.25) is 14.4 Å². The van der Waals surface area contributed by atoms with Gasteiger partial charge in [0.2, 0.25) is 11.8 Å². The molecule has 0 unspecified atom stereocenters. The summed E-state index contributed by atoms with van der Waals surface area (Å²) in [5.41, 5.74) is -0.153. The number of carbonyl (C=O) groups excluding carboxylic acids is 3. The predicted molar refractivity (Wildman–Crippen MR) is 135 cm³/mol. The molecule has 0 radical (unpaired) electrons. The Kier molecular flexibility index (Phi) is 5.95. The number of benzene rings is 2. The highest BCUT2D eigenvalue weighted by Gasteiger charge is 2.63. The number of nitriles is 1. The van der Waals surface area contributed by atoms with Crippen LogP contribution in [0.4, 0.5) is 8.78 Å². The minimum Gasteiger partial charge on any atom is -0.372 e. The minimum atomic E-state index is -3.19. The summed E-state index contributed by atoms with van der Waals surface area (Å²) < 4.78 is 30.4. The number of alkyl halides is 2. The van der Waals surface area contributed by atoms with E-state index in [9.17, 15) is 24.8 Å². The molecule has 3 heterocycles. The summed E-state index contributed by atoms with van der Waals surface area (Å²) >= 11 is 0. The van der Waals surface area contributed by atoms with Crippen LogP contribution in [0.3, 0.4) is 0 Å². The molecule has 39 heavy (non-hydrogen) atoms. The maximum atomic E-state index is 15.2. The summed E-state index contributed by atoms with van der Waals surface area (Å²) in [5.74, 6) is -7.03. The highest BCUT2D eigenvalue weighted by molar-refractivity contribution is 6.01. The van der Waals surface area contributed by atoms with Gasteiger partial charge in [-0.2, -0.15) is 5.26 Å². The molecular weight excluding hydrogens is 506 g/mol. The van der Waals surface area contributed by atoms with Crippen LogP contribution in [0.5, 0.6) is 0 Å². The Labute approximate surface area is 224 Å². The second-order valence-electron chi connectivity index (χ2n) is 11.0. The SMILES string of the molecule is N#C[C@H](C[C@H]1CCNC1=O)NC(=O)[C@@H]1[C@@H]2CC[C@@H](CC2(F)F)N1C(=O)C1(O)c2ccccc2-c2ccccc21. The lowest BCUT2D eigenvalue weighted by molar-refractivity contribution is -0.201. The van der Waals surface area contributed by atoms with Crippen molar-refractivity contribution in [3.63, 3.8) is 0 Å². The van der Waals surface area contributed by atoms with Gasteiger partial charge in [0.15, 0.2) is 5.60 Å². The Hall–Kier alpha value is -3.84. The van der Waals surface area contributed by atoms with Crippen LogP contribution < -0.4 is 10.6 Å². The summed E-state index contributed by atoms with van der Waals surface area (Å²) in [6.07, 6.45) is 0.266. The molecule has 2 aliphatic carbocycles. The third-order valence-corrected chi connectivity index (χ3v) is 8.83. The number of amides is 3. The van der Waals surface area contributed by atoms with Crippen LogP contribution in [0.15, 0.2) is 48.5 Å². The van der Waals surface area contributed by atoms with Crippen LogP contribution >= 0.6 is 0 Å². The smallest absolute Gasteiger partial charge is 0.264 e. The van der Waals surface area contributed by atoms with E-state index >= 15 is 8.78 Å². The molecule has 3 N–H and O–H groups in total. The monoisotopic (exact) mass is 534 g/mol. The molecule has 3 saturated heterocycles. The molecule has 5 atom stereocenters. The van der Waals surface area contributed by atoms with E-state index in [1.54, 1.807) is 48.5 Å². The predicted octanol–water partition coefficient (Wildman–Crippen LogP) is 2.45. The maximum absolute atomic E-state index is 15.2. The summed E-state index contributed by atoms with van der Waals surface area (Å²) in [4.78, 5) is 41.2. The lowest BCUT2D eigenvalue weighted by Crippen LogP contribution is -2.70. The van der Waals surface area contributed by atoms with E-state index in [-0.39, 0.29) is 25.2 Å². The van der Waals surface area contributed by atoms with Crippen LogP contribution in [0, 0.1) is 23.2 Å². The van der Waals surface area contributed by atoms with E-state index in [0.29, 0.717) is 35.2 Å². The van der Waals surface area contributed by atoms with Gasteiger partial charge in [-0.25, -0.2) is 8.78 Å². The number of nitrogens with one attached hydrogen (secondary N) is 2. The first-order valence-electron chi connectivity index (χ1n) is 13.3. The van der Waals surface area contributed by atoms with E-state index in [2.05, 4.69) is 10.6 Å². The number of nitrogens with zero attached hydrogens (tertiary/aromatic N) is 2. The average molecular weight is 535 g/mol. The van der Waals surface area contributed by atoms with Gasteiger partial charge in [0, 0.05) is 36.1 Å². The Morgan fingerprint density at radius 3 is 2.31 bits per heavy atom. The zero-order valence-corrected chi connectivity index (χ0v) is 21.1. The molecule has 3 aliphatic heterocycles. The highest BCUT2D eigenvalue weighted by Crippen LogP contribution is 2.53. The van der Waals surface area contributed by atoms with Crippen molar-refractivity contribution >= 4 is 17.7 Å². The lowest BCUT2D eigenvalue weighted by Gasteiger charge is -2.54. The highest BCUT2D eigenvalue weighted by atomic mass is 19.3. The average Bonchev–Trinajstić information content (AvgIpc) is 3.46. The van der Waals surface area contributed by atoms with Crippen molar-refractivity contribution in [1.82, 2.24) is 15.5 Å². The van der Waals surface area contributed by atoms with Gasteiger partial charge in [0.25, 0.3) is 11.8 Å². The van der Waals surface area contributed by atoms with Gasteiger partial charge in [0.05, 0.1) is 12.0 Å². The summed E-state index contributed by atoms with van der Waals surface area (Å²) in [6.45, 7) is 0.470. The van der Waals surface area contributed by atoms with Gasteiger partial charge < -0.3 is 20.6 Å². The number of hydrogen-bond donors (Lipinski definition) is 3. The van der Waals surface area contributed by atoms with Crippen molar-refractivity contribution in [2.75, 3.05) is 6.54 Å². The number of halogens is 2. The Bertz CT molecular complexity index is 1360. The fourth-order valence-electron chi connectivity index (χ4n) is 6.98. The maximum Gasteiger partial charge on any atom is 0.264 e. The number of fused-ring (bicyclic) bond motifs is 6. The zero-order chi connectivity index (χ0) is 27.5. The molecule has 1 saturated carbocycles. The number of piperidine rings is 2. The fraction of sp³-hybridized carbons (Fsp3) is 0.448. The number of carbonyl (C=O) groups is 3. The van der Waals surface area contributed by atoms with Crippen molar-refractivity contribution in [3.8, 4) is 17.2 Å². The zero-order valence-electron chi connectivity index (χ0n) is 21.1. The molecule has 3 amide bonds. The first-order chi connectivity index (χ1) is 18.7. The summed E-state index contributed by atoms with van der Waals surface area (Å²) in [6, 6.07) is 12.2. The molecule has 0 spiro atoms. The number of hydrogen-bond acceptors (Lipinski definition) is 5. The van der Waals surface area contributed by atoms with E-state index in [1.165, 1.54) is 0 Å². The van der Waals surface area contributed by atoms with Crippen LogP contribution in [-0.2, 0) is 20.0 Å². The van der Waals surface area contributed by atoms with Gasteiger partial charge >= 0.3 is 0 Å². The van der Waals surface area contributed by atoms with Gasteiger partial charge in [0.1, 0.15) is 12.1 Å². The van der Waals surface area contributed by atoms with Crippen LogP contribution in [0.25, 0.3) is 11.1 Å². The largest absolute Gasteiger partial charge is 0.372 e. The van der Waals surface area contributed by atoms with Crippen LogP contribution in [-0.4, -0.2) is 58.3 Å². The molecule has 7 rings (SSSR count). The lowest BCUT2D eigenvalue weighted by atomic mass is 9.70. The molecule has 8 nitrogen and oxygen atoms in total. The summed E-state index contributed by atoms with van der Waals surface area (Å²) in [7, 11) is 0. The second-order valence-corrected chi connectivity index (χ2v) is 11.0. The third kappa shape index (κ3) is 3.82. The number of aliphatic hydroxyl groups is 1. The number of rotatable bonds is 5. The van der Waals surface area contributed by atoms with Crippen LogP contribution in [0.1, 0.15) is 43.2 Å². The molecule has 10 heteroatoms. The molecule has 202 valence electrons. The van der Waals surface area contributed by atoms with Crippen molar-refractivity contribution < 1.29 is 28.3 Å². The Morgan fingerprint density at radius 1 is 1.10 bits per heavy atom. The quantitative estimate of drug-likeness (QED) is 0.544. The fourth-order valence-corrected chi connectivity index (χ4v) is 6.98. The van der Waals surface area contributed by atoms with Crippen molar-refractivity contribution in [2.24, 2.45) is 11.8 Å². The molecule has 4 fully saturated rings. The third-order valence-electron chi connectivity index (χ3n) is 8.83. The molecule has 2 aromatic rings. The molecular formula is C29H28F2N4O4. The van der Waals surface area contributed by atoms with E-state index < -0.39 is 59.7 Å². The molecule has 2 aromatic carbocycles. The standard InChI is InChI=1S/C29H28F2N4O4/c30-28(31)14-18-9-10-23(28)24(26(37)34-17(15-32)13-16-11-12-33-25(16)36)35(18)27(38)29(39)21-7-3-1-5-19(21)20-6-2-4-8-22(20)29/h1-8,16-18,23-24,39H,9-14H2,(H,33,36)(H,34,37)/t16-,17+,18+,23+,24+/m1/s1. The molecule has 0 aromatic heterocycles. The van der Waals surface area contributed by atoms with E-state index in [1.807, 2.05) is 6.07 Å². The molecule has 2 bridgehead atoms. The Balaban J connectivity index is 1.36. The first kappa shape index (κ1) is 25.4. The van der Waals surface area contributed by atoms with Crippen molar-refractivity contribution in [3.05, 3.63) is 59.7 Å². The minimum absolute atomic E-state index is 0.0351. The van der Waals surface area contributed by atoms with E-state index in [4.69, 9.17) is 0 Å². The van der Waals surface area contributed by atoms with Crippen molar-refractivity contribution in [2.45, 2.75) is 61.8 Å². The van der Waals surface area contributed by atoms with Gasteiger partial charge in [-0.1, -0.05) is 48.5 Å². The van der Waals surface area contributed by atoms with Gasteiger partial charge in [-0.05, 0) is 36.8 Å². The van der Waals surface area contributed by atoms with Crippen LogP contribution in [0.2, 0.25) is 0 Å². The van der Waals surface area contributed by atoms with Gasteiger partial charge in [-0.15, -0.1) is 0 Å². The normalized spacial score (nSPS) is 28.2. The van der Waals surface area contributed by atoms with E-state index in [0.717, 1.165) is 4.90 Å². The summed E-state index contributed by atoms with van der Waals surface area (Å²) in [5, 5.41) is 27.0. The first-order valence-corrected chi connectivity index (χ1v) is 13.3. The Morgan fingerprint density at radius 2 is 1.74 bits per heavy atom. The molecule has 5 aliphatic rings. The van der Waals surface area contributed by atoms with Crippen molar-refractivity contribution in [1.29, 1.82) is 5.26 Å². The topological polar surface area (TPSA) is 123 Å².